The number of likely N-dealkylation sites (N-methyl/N-ethyl adjacent to an activating group) is 1. The van der Waals surface area contributed by atoms with Crippen LogP contribution in [-0.4, -0.2) is 42.4 Å². The molecule has 0 aromatic heterocycles. The highest BCUT2D eigenvalue weighted by Crippen LogP contribution is 2.19. The minimum absolute atomic E-state index is 0.131. The van der Waals surface area contributed by atoms with E-state index < -0.39 is 6.10 Å². The molecule has 0 saturated heterocycles. The molecular weight excluding hydrogens is 285 g/mol. The average Bonchev–Trinajstić information content (AvgIpc) is 2.24. The largest absolute Gasteiger partial charge is 0.389 e. The smallest absolute Gasteiger partial charge is 0.0900 e. The van der Waals surface area contributed by atoms with Gasteiger partial charge in [0.1, 0.15) is 0 Å². The molecule has 0 saturated carbocycles. The van der Waals surface area contributed by atoms with E-state index in [2.05, 4.69) is 0 Å². The molecule has 0 heterocycles. The first-order chi connectivity index (χ1) is 8.86. The van der Waals surface area contributed by atoms with Crippen LogP contribution in [0.1, 0.15) is 19.4 Å². The van der Waals surface area contributed by atoms with Crippen LogP contribution in [0.5, 0.6) is 0 Å². The fourth-order valence-corrected chi connectivity index (χ4v) is 2.37. The molecule has 0 aliphatic rings. The van der Waals surface area contributed by atoms with Gasteiger partial charge in [-0.25, -0.2) is 0 Å². The van der Waals surface area contributed by atoms with Gasteiger partial charge in [-0.05, 0) is 44.7 Å². The summed E-state index contributed by atoms with van der Waals surface area (Å²) in [5.41, 5.74) is 1.02. The van der Waals surface area contributed by atoms with Gasteiger partial charge < -0.3 is 9.84 Å². The lowest BCUT2D eigenvalue weighted by atomic mass is 10.2. The van der Waals surface area contributed by atoms with Crippen LogP contribution in [0.15, 0.2) is 18.2 Å². The molecule has 19 heavy (non-hydrogen) atoms. The van der Waals surface area contributed by atoms with Crippen LogP contribution >= 0.6 is 23.2 Å². The van der Waals surface area contributed by atoms with Gasteiger partial charge >= 0.3 is 0 Å². The molecule has 0 bridgehead atoms. The Balaban J connectivity index is 2.43. The summed E-state index contributed by atoms with van der Waals surface area (Å²) in [5.74, 6) is 0. The molecule has 1 atom stereocenters. The number of hydrogen-bond acceptors (Lipinski definition) is 3. The number of nitrogens with zero attached hydrogens (tertiary/aromatic N) is 1. The fourth-order valence-electron chi connectivity index (χ4n) is 1.79. The van der Waals surface area contributed by atoms with Gasteiger partial charge in [0.15, 0.2) is 0 Å². The molecule has 1 rings (SSSR count). The summed E-state index contributed by atoms with van der Waals surface area (Å²) in [6.45, 7) is 5.46. The van der Waals surface area contributed by atoms with Crippen molar-refractivity contribution in [2.24, 2.45) is 0 Å². The van der Waals surface area contributed by atoms with Gasteiger partial charge in [-0.2, -0.15) is 0 Å². The second-order valence-electron chi connectivity index (χ2n) is 5.01. The Bertz CT molecular complexity index is 379. The van der Waals surface area contributed by atoms with Gasteiger partial charge in [0, 0.05) is 23.1 Å². The number of aliphatic hydroxyl groups excluding tert-OH is 1. The first-order valence-corrected chi connectivity index (χ1v) is 7.05. The van der Waals surface area contributed by atoms with Crippen LogP contribution in [0.25, 0.3) is 0 Å². The maximum atomic E-state index is 9.84. The third kappa shape index (κ3) is 7.14. The second kappa shape index (κ2) is 8.08. The summed E-state index contributed by atoms with van der Waals surface area (Å²) < 4.78 is 5.37. The van der Waals surface area contributed by atoms with E-state index in [4.69, 9.17) is 27.9 Å². The second-order valence-corrected chi connectivity index (χ2v) is 5.88. The van der Waals surface area contributed by atoms with Gasteiger partial charge in [-0.3, -0.25) is 4.90 Å². The van der Waals surface area contributed by atoms with Crippen molar-refractivity contribution in [3.8, 4) is 0 Å². The van der Waals surface area contributed by atoms with Crippen molar-refractivity contribution >= 4 is 23.2 Å². The minimum atomic E-state index is -0.498. The Hall–Kier alpha value is -0.320. The topological polar surface area (TPSA) is 32.7 Å². The third-order valence-corrected chi connectivity index (χ3v) is 2.96. The number of ether oxygens (including phenoxy) is 1. The van der Waals surface area contributed by atoms with E-state index >= 15 is 0 Å². The first-order valence-electron chi connectivity index (χ1n) is 6.30. The van der Waals surface area contributed by atoms with Crippen LogP contribution in [0, 0.1) is 0 Å². The van der Waals surface area contributed by atoms with E-state index in [9.17, 15) is 5.11 Å². The van der Waals surface area contributed by atoms with Crippen molar-refractivity contribution < 1.29 is 9.84 Å². The normalized spacial score (nSPS) is 13.3. The lowest BCUT2D eigenvalue weighted by Crippen LogP contribution is -2.32. The van der Waals surface area contributed by atoms with Crippen molar-refractivity contribution in [2.75, 3.05) is 20.2 Å². The maximum absolute atomic E-state index is 9.84. The van der Waals surface area contributed by atoms with E-state index in [1.165, 1.54) is 0 Å². The lowest BCUT2D eigenvalue weighted by Gasteiger charge is -2.21. The molecule has 3 nitrogen and oxygen atoms in total. The summed E-state index contributed by atoms with van der Waals surface area (Å²) in [4.78, 5) is 2.01. The summed E-state index contributed by atoms with van der Waals surface area (Å²) in [6.07, 6.45) is -0.367. The predicted molar refractivity (Wildman–Crippen MR) is 79.9 cm³/mol. The van der Waals surface area contributed by atoms with Crippen molar-refractivity contribution in [3.63, 3.8) is 0 Å². The van der Waals surface area contributed by atoms with E-state index in [1.54, 1.807) is 6.07 Å². The highest BCUT2D eigenvalue weighted by molar-refractivity contribution is 6.34. The Labute approximate surface area is 125 Å². The summed E-state index contributed by atoms with van der Waals surface area (Å²) in [7, 11) is 1.94. The number of rotatable bonds is 7. The average molecular weight is 306 g/mol. The van der Waals surface area contributed by atoms with Crippen LogP contribution in [0.3, 0.4) is 0 Å². The number of aliphatic hydroxyl groups is 1. The van der Waals surface area contributed by atoms with Crippen molar-refractivity contribution in [3.05, 3.63) is 33.8 Å². The van der Waals surface area contributed by atoms with Gasteiger partial charge in [0.2, 0.25) is 0 Å². The van der Waals surface area contributed by atoms with Gasteiger partial charge in [-0.1, -0.05) is 23.2 Å². The lowest BCUT2D eigenvalue weighted by molar-refractivity contribution is -0.00634. The van der Waals surface area contributed by atoms with Gasteiger partial charge in [-0.15, -0.1) is 0 Å². The van der Waals surface area contributed by atoms with E-state index in [0.717, 1.165) is 5.56 Å². The Morgan fingerprint density at radius 2 is 1.79 bits per heavy atom. The molecule has 0 fully saturated rings. The summed E-state index contributed by atoms with van der Waals surface area (Å²) in [5, 5.41) is 11.1. The molecule has 0 amide bonds. The zero-order valence-corrected chi connectivity index (χ0v) is 13.1. The highest BCUT2D eigenvalue weighted by atomic mass is 35.5. The zero-order valence-electron chi connectivity index (χ0n) is 11.6. The van der Waals surface area contributed by atoms with Gasteiger partial charge in [0.05, 0.1) is 18.8 Å². The summed E-state index contributed by atoms with van der Waals surface area (Å²) in [6, 6.07) is 5.46. The van der Waals surface area contributed by atoms with E-state index in [1.807, 2.05) is 37.9 Å². The number of benzene rings is 1. The van der Waals surface area contributed by atoms with E-state index in [0.29, 0.717) is 29.7 Å². The molecule has 1 N–H and O–H groups in total. The molecule has 1 aromatic carbocycles. The maximum Gasteiger partial charge on any atom is 0.0900 e. The first kappa shape index (κ1) is 16.7. The molecule has 1 unspecified atom stereocenters. The molecular formula is C14H21Cl2NO2. The van der Waals surface area contributed by atoms with Crippen molar-refractivity contribution in [1.29, 1.82) is 0 Å². The highest BCUT2D eigenvalue weighted by Gasteiger charge is 2.10. The van der Waals surface area contributed by atoms with Crippen LogP contribution in [-0.2, 0) is 11.3 Å². The molecule has 0 aliphatic heterocycles. The standard InChI is InChI=1S/C14H21Cl2NO2/c1-10(2)19-9-14(18)8-17(3)7-11-4-12(15)6-13(16)5-11/h4-6,10,14,18H,7-9H2,1-3H3. The molecule has 0 radical (unpaired) electrons. The predicted octanol–water partition coefficient (Wildman–Crippen LogP) is 3.21. The fraction of sp³-hybridized carbons (Fsp3) is 0.571. The Kier molecular flexibility index (Phi) is 7.11. The third-order valence-electron chi connectivity index (χ3n) is 2.52. The Morgan fingerprint density at radius 1 is 1.21 bits per heavy atom. The van der Waals surface area contributed by atoms with Crippen LogP contribution in [0.4, 0.5) is 0 Å². The van der Waals surface area contributed by atoms with E-state index in [-0.39, 0.29) is 6.10 Å². The van der Waals surface area contributed by atoms with Crippen molar-refractivity contribution in [2.45, 2.75) is 32.6 Å². The molecule has 1 aromatic rings. The number of halogens is 2. The summed E-state index contributed by atoms with van der Waals surface area (Å²) >= 11 is 11.9. The molecule has 0 spiro atoms. The molecule has 108 valence electrons. The Morgan fingerprint density at radius 3 is 2.32 bits per heavy atom. The van der Waals surface area contributed by atoms with Crippen LogP contribution in [0.2, 0.25) is 10.0 Å². The van der Waals surface area contributed by atoms with Crippen molar-refractivity contribution in [1.82, 2.24) is 4.90 Å². The number of hydrogen-bond donors (Lipinski definition) is 1. The van der Waals surface area contributed by atoms with Crippen LogP contribution < -0.4 is 0 Å². The molecule has 0 aliphatic carbocycles. The minimum Gasteiger partial charge on any atom is -0.389 e. The van der Waals surface area contributed by atoms with Gasteiger partial charge in [0.25, 0.3) is 0 Å². The molecule has 5 heteroatoms. The monoisotopic (exact) mass is 305 g/mol. The quantitative estimate of drug-likeness (QED) is 0.839. The zero-order chi connectivity index (χ0) is 14.4. The SMILES string of the molecule is CC(C)OCC(O)CN(C)Cc1cc(Cl)cc(Cl)c1.